The van der Waals surface area contributed by atoms with Crippen LogP contribution in [0.4, 0.5) is 0 Å². The van der Waals surface area contributed by atoms with E-state index in [4.69, 9.17) is 10.7 Å². The van der Waals surface area contributed by atoms with Crippen LogP contribution in [-0.4, -0.2) is 27.9 Å². The van der Waals surface area contributed by atoms with Gasteiger partial charge >= 0.3 is 0 Å². The van der Waals surface area contributed by atoms with Gasteiger partial charge < -0.3 is 4.57 Å². The van der Waals surface area contributed by atoms with Crippen LogP contribution in [0.2, 0.25) is 0 Å². The van der Waals surface area contributed by atoms with Gasteiger partial charge in [-0.2, -0.15) is 0 Å². The van der Waals surface area contributed by atoms with Crippen molar-refractivity contribution in [3.8, 4) is 0 Å². The van der Waals surface area contributed by atoms with Crippen molar-refractivity contribution in [2.24, 2.45) is 7.05 Å². The van der Waals surface area contributed by atoms with Crippen molar-refractivity contribution in [3.05, 3.63) is 11.6 Å². The lowest BCUT2D eigenvalue weighted by Gasteiger charge is -2.10. The fourth-order valence-electron chi connectivity index (χ4n) is 1.79. The molecule has 2 rings (SSSR count). The van der Waals surface area contributed by atoms with Gasteiger partial charge in [-0.1, -0.05) is 6.92 Å². The first kappa shape index (κ1) is 11.9. The van der Waals surface area contributed by atoms with Crippen LogP contribution in [0.5, 0.6) is 0 Å². The zero-order valence-corrected chi connectivity index (χ0v) is 10.8. The van der Waals surface area contributed by atoms with Crippen molar-refractivity contribution in [3.63, 3.8) is 0 Å². The average molecular weight is 264 g/mol. The number of hydrogen-bond acceptors (Lipinski definition) is 4. The summed E-state index contributed by atoms with van der Waals surface area (Å²) in [6, 6.07) is 0. The predicted octanol–water partition coefficient (Wildman–Crippen LogP) is 1.02. The van der Waals surface area contributed by atoms with Crippen molar-refractivity contribution < 1.29 is 8.42 Å². The topological polar surface area (TPSA) is 64.8 Å². The van der Waals surface area contributed by atoms with Crippen molar-refractivity contribution in [1.29, 1.82) is 0 Å². The summed E-state index contributed by atoms with van der Waals surface area (Å²) in [5.41, 5.74) is 0. The Morgan fingerprint density at radius 2 is 1.94 bits per heavy atom. The molecule has 0 spiro atoms. The lowest BCUT2D eigenvalue weighted by molar-refractivity contribution is 0.584. The van der Waals surface area contributed by atoms with Crippen molar-refractivity contribution in [1.82, 2.24) is 14.8 Å². The minimum atomic E-state index is -3.51. The minimum absolute atomic E-state index is 0.363. The number of hydrogen-bond donors (Lipinski definition) is 0. The van der Waals surface area contributed by atoms with E-state index in [0.29, 0.717) is 25.1 Å². The predicted molar refractivity (Wildman–Crippen MR) is 60.8 cm³/mol. The second-order valence-corrected chi connectivity index (χ2v) is 7.20. The van der Waals surface area contributed by atoms with Gasteiger partial charge in [0.15, 0.2) is 0 Å². The van der Waals surface area contributed by atoms with Crippen LogP contribution in [0, 0.1) is 0 Å². The van der Waals surface area contributed by atoms with Gasteiger partial charge in [-0.3, -0.25) is 0 Å². The van der Waals surface area contributed by atoms with E-state index >= 15 is 0 Å². The van der Waals surface area contributed by atoms with Gasteiger partial charge in [0.1, 0.15) is 11.6 Å². The van der Waals surface area contributed by atoms with Crippen LogP contribution in [-0.2, 0) is 28.9 Å². The summed E-state index contributed by atoms with van der Waals surface area (Å²) in [6.45, 7) is 1.99. The Morgan fingerprint density at radius 1 is 1.38 bits per heavy atom. The second kappa shape index (κ2) is 3.70. The van der Waals surface area contributed by atoms with Crippen LogP contribution in [0.15, 0.2) is 0 Å². The van der Waals surface area contributed by atoms with Crippen LogP contribution >= 0.6 is 10.7 Å². The Hall–Kier alpha value is -0.620. The molecule has 0 N–H and O–H groups in total. The van der Waals surface area contributed by atoms with E-state index in [-0.39, 0.29) is 0 Å². The Labute approximate surface area is 99.2 Å². The van der Waals surface area contributed by atoms with Gasteiger partial charge in [0.05, 0.1) is 4.75 Å². The highest BCUT2D eigenvalue weighted by molar-refractivity contribution is 8.15. The molecule has 5 nitrogen and oxygen atoms in total. The summed E-state index contributed by atoms with van der Waals surface area (Å²) in [4.78, 5) is 0. The summed E-state index contributed by atoms with van der Waals surface area (Å²) in [5, 5.41) is 8.02. The SMILES string of the molecule is CCc1nnc(CC2(S(=O)(=O)Cl)CC2)n1C. The second-order valence-electron chi connectivity index (χ2n) is 4.24. The summed E-state index contributed by atoms with van der Waals surface area (Å²) in [5.74, 6) is 1.55. The lowest BCUT2D eigenvalue weighted by Crippen LogP contribution is -2.23. The van der Waals surface area contributed by atoms with Gasteiger partial charge in [0, 0.05) is 30.6 Å². The lowest BCUT2D eigenvalue weighted by atomic mass is 10.2. The highest BCUT2D eigenvalue weighted by Crippen LogP contribution is 2.47. The Morgan fingerprint density at radius 3 is 2.31 bits per heavy atom. The third kappa shape index (κ3) is 1.84. The van der Waals surface area contributed by atoms with Crippen LogP contribution < -0.4 is 0 Å². The Bertz CT molecular complexity index is 505. The molecular weight excluding hydrogens is 250 g/mol. The molecule has 1 aromatic heterocycles. The monoisotopic (exact) mass is 263 g/mol. The van der Waals surface area contributed by atoms with E-state index in [9.17, 15) is 8.42 Å². The van der Waals surface area contributed by atoms with Gasteiger partial charge in [0.2, 0.25) is 9.05 Å². The molecule has 1 heterocycles. The van der Waals surface area contributed by atoms with Crippen LogP contribution in [0.25, 0.3) is 0 Å². The van der Waals surface area contributed by atoms with E-state index in [1.54, 1.807) is 0 Å². The van der Waals surface area contributed by atoms with Gasteiger partial charge in [-0.25, -0.2) is 8.42 Å². The number of nitrogens with zero attached hydrogens (tertiary/aromatic N) is 3. The minimum Gasteiger partial charge on any atom is -0.318 e. The highest BCUT2D eigenvalue weighted by atomic mass is 35.7. The summed E-state index contributed by atoms with van der Waals surface area (Å²) >= 11 is 0. The zero-order chi connectivity index (χ0) is 12.0. The Balaban J connectivity index is 2.25. The molecule has 1 aliphatic rings. The molecule has 0 aromatic carbocycles. The molecule has 0 radical (unpaired) electrons. The van der Waals surface area contributed by atoms with Gasteiger partial charge in [0.25, 0.3) is 0 Å². The molecule has 90 valence electrons. The highest BCUT2D eigenvalue weighted by Gasteiger charge is 2.54. The van der Waals surface area contributed by atoms with Gasteiger partial charge in [-0.15, -0.1) is 10.2 Å². The summed E-state index contributed by atoms with van der Waals surface area (Å²) < 4.78 is 23.9. The zero-order valence-electron chi connectivity index (χ0n) is 9.27. The third-order valence-electron chi connectivity index (χ3n) is 3.18. The molecule has 0 aliphatic heterocycles. The van der Waals surface area contributed by atoms with E-state index in [2.05, 4.69) is 10.2 Å². The molecule has 0 amide bonds. The maximum Gasteiger partial charge on any atom is 0.238 e. The molecule has 1 saturated carbocycles. The summed E-state index contributed by atoms with van der Waals surface area (Å²) in [6.07, 6.45) is 2.38. The van der Waals surface area contributed by atoms with E-state index in [0.717, 1.165) is 12.2 Å². The number of rotatable bonds is 4. The van der Waals surface area contributed by atoms with Crippen molar-refractivity contribution in [2.75, 3.05) is 0 Å². The van der Waals surface area contributed by atoms with E-state index in [1.807, 2.05) is 18.5 Å². The number of halogens is 1. The largest absolute Gasteiger partial charge is 0.318 e. The quantitative estimate of drug-likeness (QED) is 0.761. The molecule has 0 unspecified atom stereocenters. The Kier molecular flexibility index (Phi) is 2.74. The summed E-state index contributed by atoms with van der Waals surface area (Å²) in [7, 11) is 3.78. The maximum absolute atomic E-state index is 11.4. The van der Waals surface area contributed by atoms with Crippen molar-refractivity contribution in [2.45, 2.75) is 37.4 Å². The van der Waals surface area contributed by atoms with Crippen molar-refractivity contribution >= 4 is 19.7 Å². The van der Waals surface area contributed by atoms with E-state index in [1.165, 1.54) is 0 Å². The molecule has 0 bridgehead atoms. The molecule has 1 fully saturated rings. The number of aryl methyl sites for hydroxylation is 1. The normalized spacial score (nSPS) is 18.7. The third-order valence-corrected chi connectivity index (χ3v) is 5.75. The molecule has 0 atom stereocenters. The van der Waals surface area contributed by atoms with Crippen LogP contribution in [0.3, 0.4) is 0 Å². The smallest absolute Gasteiger partial charge is 0.238 e. The molecule has 16 heavy (non-hydrogen) atoms. The first-order valence-electron chi connectivity index (χ1n) is 5.21. The first-order chi connectivity index (χ1) is 7.39. The molecule has 1 aliphatic carbocycles. The van der Waals surface area contributed by atoms with E-state index < -0.39 is 13.8 Å². The fraction of sp³-hybridized carbons (Fsp3) is 0.778. The number of aromatic nitrogens is 3. The molecule has 7 heteroatoms. The average Bonchev–Trinajstić information content (AvgIpc) is 2.89. The standard InChI is InChI=1S/C9H14ClN3O2S/c1-3-7-11-12-8(13(7)2)6-9(4-5-9)16(10,14)15/h3-6H2,1-2H3. The molecular formula is C9H14ClN3O2S. The molecule has 1 aromatic rings. The fourth-order valence-corrected chi connectivity index (χ4v) is 3.31. The van der Waals surface area contributed by atoms with Crippen LogP contribution in [0.1, 0.15) is 31.4 Å². The maximum atomic E-state index is 11.4. The van der Waals surface area contributed by atoms with Gasteiger partial charge in [-0.05, 0) is 12.8 Å². The first-order valence-corrected chi connectivity index (χ1v) is 7.52. The molecule has 0 saturated heterocycles.